The average molecular weight is 390 g/mol. The molecule has 1 N–H and O–H groups in total. The molecule has 148 valence electrons. The zero-order valence-electron chi connectivity index (χ0n) is 15.8. The molecule has 28 heavy (non-hydrogen) atoms. The quantitative estimate of drug-likeness (QED) is 0.648. The standard InChI is InChI=1S/C19H20F2N4O3/c1-10(19(3,4)27)25-16-5-12(9-26)22-7-14(16)18(24-25)13-6-17(28-11(2)20)23-8-15(13)21/h5-11,27H,1-4H3. The maximum Gasteiger partial charge on any atom is 0.237 e. The Kier molecular flexibility index (Phi) is 5.12. The third-order valence-electron chi connectivity index (χ3n) is 4.49. The molecule has 0 fully saturated rings. The number of hydrogen-bond donors (Lipinski definition) is 1. The van der Waals surface area contributed by atoms with Gasteiger partial charge in [0.1, 0.15) is 11.4 Å². The molecule has 0 aliphatic rings. The van der Waals surface area contributed by atoms with Crippen LogP contribution in [0.2, 0.25) is 0 Å². The van der Waals surface area contributed by atoms with E-state index in [4.69, 9.17) is 4.74 Å². The predicted molar refractivity (Wildman–Crippen MR) is 98.3 cm³/mol. The van der Waals surface area contributed by atoms with Gasteiger partial charge in [-0.2, -0.15) is 5.10 Å². The lowest BCUT2D eigenvalue weighted by Crippen LogP contribution is -2.31. The monoisotopic (exact) mass is 390 g/mol. The highest BCUT2D eigenvalue weighted by Crippen LogP contribution is 2.34. The van der Waals surface area contributed by atoms with Gasteiger partial charge in [-0.15, -0.1) is 0 Å². The second-order valence-electron chi connectivity index (χ2n) is 7.03. The molecular weight excluding hydrogens is 370 g/mol. The number of rotatable bonds is 6. The van der Waals surface area contributed by atoms with E-state index in [0.29, 0.717) is 17.2 Å². The summed E-state index contributed by atoms with van der Waals surface area (Å²) < 4.78 is 34.1. The molecule has 0 aromatic carbocycles. The minimum absolute atomic E-state index is 0.0398. The zero-order chi connectivity index (χ0) is 20.6. The van der Waals surface area contributed by atoms with Crippen LogP contribution in [0.5, 0.6) is 5.88 Å². The molecule has 0 radical (unpaired) electrons. The third-order valence-corrected chi connectivity index (χ3v) is 4.49. The SMILES string of the molecule is CC(F)Oc1cc(-c2nn(C(C)C(C)(C)O)c3cc(C=O)ncc23)c(F)cn1. The van der Waals surface area contributed by atoms with Crippen molar-refractivity contribution in [1.29, 1.82) is 0 Å². The number of halogens is 2. The van der Waals surface area contributed by atoms with Crippen molar-refractivity contribution in [2.24, 2.45) is 0 Å². The van der Waals surface area contributed by atoms with Gasteiger partial charge in [-0.05, 0) is 26.8 Å². The lowest BCUT2D eigenvalue weighted by atomic mass is 10.0. The molecule has 0 aliphatic carbocycles. The Morgan fingerprint density at radius 1 is 1.25 bits per heavy atom. The van der Waals surface area contributed by atoms with Gasteiger partial charge in [0.2, 0.25) is 12.2 Å². The van der Waals surface area contributed by atoms with Gasteiger partial charge in [0.25, 0.3) is 0 Å². The fourth-order valence-corrected chi connectivity index (χ4v) is 2.74. The number of aromatic nitrogens is 4. The van der Waals surface area contributed by atoms with Crippen LogP contribution in [0.4, 0.5) is 8.78 Å². The number of aliphatic hydroxyl groups is 1. The molecule has 3 aromatic heterocycles. The summed E-state index contributed by atoms with van der Waals surface area (Å²) in [6.07, 6.45) is 1.30. The summed E-state index contributed by atoms with van der Waals surface area (Å²) in [7, 11) is 0. The molecule has 3 rings (SSSR count). The molecule has 0 bridgehead atoms. The summed E-state index contributed by atoms with van der Waals surface area (Å²) in [5.74, 6) is -0.775. The topological polar surface area (TPSA) is 90.1 Å². The second kappa shape index (κ2) is 7.23. The van der Waals surface area contributed by atoms with Crippen molar-refractivity contribution < 1.29 is 23.4 Å². The van der Waals surface area contributed by atoms with E-state index < -0.39 is 23.8 Å². The van der Waals surface area contributed by atoms with Crippen LogP contribution >= 0.6 is 0 Å². The Bertz CT molecular complexity index is 1030. The van der Waals surface area contributed by atoms with Crippen LogP contribution in [-0.4, -0.2) is 43.1 Å². The molecule has 0 saturated heterocycles. The highest BCUT2D eigenvalue weighted by molar-refractivity contribution is 5.95. The van der Waals surface area contributed by atoms with Gasteiger partial charge in [0, 0.05) is 30.1 Å². The number of aldehydes is 1. The molecular formula is C19H20F2N4O3. The Labute approximate surface area is 160 Å². The zero-order valence-corrected chi connectivity index (χ0v) is 15.8. The summed E-state index contributed by atoms with van der Waals surface area (Å²) in [4.78, 5) is 18.9. The highest BCUT2D eigenvalue weighted by Gasteiger charge is 2.28. The van der Waals surface area contributed by atoms with E-state index in [1.54, 1.807) is 20.8 Å². The van der Waals surface area contributed by atoms with Crippen LogP contribution in [0, 0.1) is 5.82 Å². The van der Waals surface area contributed by atoms with Crippen LogP contribution in [0.15, 0.2) is 24.5 Å². The van der Waals surface area contributed by atoms with Gasteiger partial charge in [-0.25, -0.2) is 13.8 Å². The van der Waals surface area contributed by atoms with E-state index in [2.05, 4.69) is 15.1 Å². The van der Waals surface area contributed by atoms with Gasteiger partial charge >= 0.3 is 0 Å². The number of ether oxygens (including phenoxy) is 1. The largest absolute Gasteiger partial charge is 0.444 e. The first-order valence-corrected chi connectivity index (χ1v) is 8.64. The molecule has 0 amide bonds. The number of carbonyl (C=O) groups excluding carboxylic acids is 1. The van der Waals surface area contributed by atoms with Crippen molar-refractivity contribution in [3.05, 3.63) is 36.0 Å². The number of hydrogen-bond acceptors (Lipinski definition) is 6. The maximum atomic E-state index is 14.5. The van der Waals surface area contributed by atoms with Crippen LogP contribution in [0.1, 0.15) is 44.2 Å². The first-order chi connectivity index (χ1) is 13.1. The maximum absolute atomic E-state index is 14.5. The molecule has 0 spiro atoms. The number of carbonyl (C=O) groups is 1. The normalized spacial score (nSPS) is 14.1. The van der Waals surface area contributed by atoms with Crippen LogP contribution in [0.3, 0.4) is 0 Å². The van der Waals surface area contributed by atoms with E-state index in [1.807, 2.05) is 0 Å². The fraction of sp³-hybridized carbons (Fsp3) is 0.368. The Morgan fingerprint density at radius 2 is 1.96 bits per heavy atom. The minimum atomic E-state index is -1.62. The molecule has 7 nitrogen and oxygen atoms in total. The minimum Gasteiger partial charge on any atom is -0.444 e. The molecule has 2 atom stereocenters. The van der Waals surface area contributed by atoms with E-state index in [-0.39, 0.29) is 22.8 Å². The Hall–Kier alpha value is -2.94. The average Bonchev–Trinajstić information content (AvgIpc) is 2.99. The van der Waals surface area contributed by atoms with Crippen molar-refractivity contribution in [2.75, 3.05) is 0 Å². The van der Waals surface area contributed by atoms with Crippen molar-refractivity contribution in [2.45, 2.75) is 45.7 Å². The van der Waals surface area contributed by atoms with Crippen LogP contribution in [-0.2, 0) is 0 Å². The van der Waals surface area contributed by atoms with Crippen molar-refractivity contribution in [3.63, 3.8) is 0 Å². The third kappa shape index (κ3) is 3.70. The number of nitrogens with zero attached hydrogens (tertiary/aromatic N) is 4. The second-order valence-corrected chi connectivity index (χ2v) is 7.03. The molecule has 3 aromatic rings. The van der Waals surface area contributed by atoms with E-state index in [0.717, 1.165) is 6.20 Å². The molecule has 9 heteroatoms. The van der Waals surface area contributed by atoms with Crippen LogP contribution < -0.4 is 4.74 Å². The smallest absolute Gasteiger partial charge is 0.237 e. The highest BCUT2D eigenvalue weighted by atomic mass is 19.1. The fourth-order valence-electron chi connectivity index (χ4n) is 2.74. The first-order valence-electron chi connectivity index (χ1n) is 8.64. The summed E-state index contributed by atoms with van der Waals surface area (Å²) in [6.45, 7) is 6.17. The summed E-state index contributed by atoms with van der Waals surface area (Å²) in [5, 5.41) is 15.3. The van der Waals surface area contributed by atoms with Crippen molar-refractivity contribution in [3.8, 4) is 17.1 Å². The van der Waals surface area contributed by atoms with Crippen molar-refractivity contribution >= 4 is 17.2 Å². The Morgan fingerprint density at radius 3 is 2.57 bits per heavy atom. The lowest BCUT2D eigenvalue weighted by Gasteiger charge is -2.26. The van der Waals surface area contributed by atoms with E-state index in [1.165, 1.54) is 29.9 Å². The van der Waals surface area contributed by atoms with Gasteiger partial charge in [0.05, 0.1) is 23.4 Å². The lowest BCUT2D eigenvalue weighted by molar-refractivity contribution is 0.0276. The number of fused-ring (bicyclic) bond motifs is 1. The van der Waals surface area contributed by atoms with Gasteiger partial charge in [0.15, 0.2) is 12.1 Å². The molecule has 0 aliphatic heterocycles. The molecule has 2 unspecified atom stereocenters. The first kappa shape index (κ1) is 19.8. The summed E-state index contributed by atoms with van der Waals surface area (Å²) in [5.41, 5.74) is -0.214. The number of alkyl halides is 1. The van der Waals surface area contributed by atoms with E-state index >= 15 is 0 Å². The van der Waals surface area contributed by atoms with Crippen molar-refractivity contribution in [1.82, 2.24) is 19.7 Å². The van der Waals surface area contributed by atoms with Gasteiger partial charge in [-0.3, -0.25) is 14.5 Å². The summed E-state index contributed by atoms with van der Waals surface area (Å²) in [6, 6.07) is 2.26. The summed E-state index contributed by atoms with van der Waals surface area (Å²) >= 11 is 0. The van der Waals surface area contributed by atoms with Gasteiger partial charge < -0.3 is 9.84 Å². The van der Waals surface area contributed by atoms with Crippen LogP contribution in [0.25, 0.3) is 22.2 Å². The molecule has 3 heterocycles. The van der Waals surface area contributed by atoms with E-state index in [9.17, 15) is 18.7 Å². The predicted octanol–water partition coefficient (Wildman–Crippen LogP) is 3.47. The Balaban J connectivity index is 2.26. The number of pyridine rings is 2. The van der Waals surface area contributed by atoms with Gasteiger partial charge in [-0.1, -0.05) is 0 Å². The molecule has 0 saturated carbocycles.